The maximum atomic E-state index is 10.4. The maximum Gasteiger partial charge on any atom is 0.119 e. The van der Waals surface area contributed by atoms with E-state index in [0.717, 1.165) is 18.6 Å². The van der Waals surface area contributed by atoms with Crippen molar-refractivity contribution in [2.24, 2.45) is 11.7 Å². The van der Waals surface area contributed by atoms with Gasteiger partial charge in [-0.05, 0) is 41.9 Å². The molecule has 1 aliphatic rings. The Morgan fingerprint density at radius 2 is 1.79 bits per heavy atom. The topological polar surface area (TPSA) is 55.5 Å². The first kappa shape index (κ1) is 14.4. The highest BCUT2D eigenvalue weighted by molar-refractivity contribution is 5.31. The van der Waals surface area contributed by atoms with Gasteiger partial charge in [-0.3, -0.25) is 0 Å². The van der Waals surface area contributed by atoms with E-state index in [1.165, 1.54) is 5.56 Å². The second-order valence-corrected chi connectivity index (χ2v) is 6.65. The van der Waals surface area contributed by atoms with Gasteiger partial charge in [0.15, 0.2) is 0 Å². The van der Waals surface area contributed by atoms with Crippen molar-refractivity contribution >= 4 is 0 Å². The van der Waals surface area contributed by atoms with Crippen LogP contribution in [0.1, 0.15) is 39.2 Å². The molecule has 1 fully saturated rings. The first-order valence-electron chi connectivity index (χ1n) is 7.01. The molecular formula is C16H25NO2. The van der Waals surface area contributed by atoms with Crippen LogP contribution >= 0.6 is 0 Å². The molecule has 1 unspecified atom stereocenters. The van der Waals surface area contributed by atoms with Gasteiger partial charge >= 0.3 is 0 Å². The third kappa shape index (κ3) is 3.48. The summed E-state index contributed by atoms with van der Waals surface area (Å²) in [5, 5.41) is 10.4. The highest BCUT2D eigenvalue weighted by Crippen LogP contribution is 2.39. The highest BCUT2D eigenvalue weighted by Gasteiger charge is 2.43. The zero-order valence-electron chi connectivity index (χ0n) is 12.1. The Morgan fingerprint density at radius 1 is 1.21 bits per heavy atom. The molecule has 1 aliphatic carbocycles. The van der Waals surface area contributed by atoms with Crippen LogP contribution < -0.4 is 10.5 Å². The van der Waals surface area contributed by atoms with Crippen molar-refractivity contribution in [2.45, 2.75) is 44.6 Å². The molecule has 1 aromatic carbocycles. The van der Waals surface area contributed by atoms with Gasteiger partial charge in [-0.1, -0.05) is 32.9 Å². The number of aliphatic hydroxyl groups is 1. The second-order valence-electron chi connectivity index (χ2n) is 6.65. The van der Waals surface area contributed by atoms with Crippen LogP contribution in [0.2, 0.25) is 0 Å². The Kier molecular flexibility index (Phi) is 3.88. The molecule has 0 heterocycles. The third-order valence-corrected chi connectivity index (χ3v) is 3.90. The van der Waals surface area contributed by atoms with Crippen molar-refractivity contribution in [3.05, 3.63) is 29.8 Å². The van der Waals surface area contributed by atoms with E-state index in [-0.39, 0.29) is 18.6 Å². The van der Waals surface area contributed by atoms with Crippen LogP contribution in [-0.4, -0.2) is 23.9 Å². The van der Waals surface area contributed by atoms with Crippen LogP contribution in [0, 0.1) is 5.92 Å². The standard InChI is InChI=1S/C16H25NO2/c1-15(2,3)12-6-8-14(9-7-12)19-11-16(18,10-17)13-4-5-13/h6-9,13,18H,4-5,10-11,17H2,1-3H3. The number of nitrogens with two attached hydrogens (primary N) is 1. The van der Waals surface area contributed by atoms with E-state index in [9.17, 15) is 5.11 Å². The molecule has 3 nitrogen and oxygen atoms in total. The lowest BCUT2D eigenvalue weighted by Gasteiger charge is -2.26. The molecule has 106 valence electrons. The largest absolute Gasteiger partial charge is 0.491 e. The Bertz CT molecular complexity index is 417. The molecule has 0 aliphatic heterocycles. The van der Waals surface area contributed by atoms with E-state index >= 15 is 0 Å². The first-order chi connectivity index (χ1) is 8.85. The number of rotatable bonds is 5. The van der Waals surface area contributed by atoms with E-state index in [1.54, 1.807) is 0 Å². The van der Waals surface area contributed by atoms with Gasteiger partial charge < -0.3 is 15.6 Å². The Balaban J connectivity index is 1.96. The van der Waals surface area contributed by atoms with E-state index in [2.05, 4.69) is 32.9 Å². The van der Waals surface area contributed by atoms with Crippen molar-refractivity contribution < 1.29 is 9.84 Å². The Morgan fingerprint density at radius 3 is 2.21 bits per heavy atom. The van der Waals surface area contributed by atoms with Crippen LogP contribution in [-0.2, 0) is 5.41 Å². The summed E-state index contributed by atoms with van der Waals surface area (Å²) in [6.45, 7) is 7.09. The summed E-state index contributed by atoms with van der Waals surface area (Å²) >= 11 is 0. The molecule has 0 spiro atoms. The van der Waals surface area contributed by atoms with Crippen molar-refractivity contribution in [1.82, 2.24) is 0 Å². The van der Waals surface area contributed by atoms with Gasteiger partial charge in [0.1, 0.15) is 18.0 Å². The van der Waals surface area contributed by atoms with E-state index in [0.29, 0.717) is 5.92 Å². The molecule has 0 amide bonds. The van der Waals surface area contributed by atoms with Gasteiger partial charge in [-0.2, -0.15) is 0 Å². The Labute approximate surface area is 115 Å². The normalized spacial score (nSPS) is 19.0. The zero-order chi connectivity index (χ0) is 14.1. The monoisotopic (exact) mass is 263 g/mol. The predicted molar refractivity (Wildman–Crippen MR) is 77.4 cm³/mol. The summed E-state index contributed by atoms with van der Waals surface area (Å²) in [7, 11) is 0. The molecule has 3 heteroatoms. The minimum atomic E-state index is -0.858. The van der Waals surface area contributed by atoms with Crippen molar-refractivity contribution in [3.63, 3.8) is 0 Å². The second kappa shape index (κ2) is 5.14. The van der Waals surface area contributed by atoms with Crippen molar-refractivity contribution in [2.75, 3.05) is 13.2 Å². The van der Waals surface area contributed by atoms with E-state index in [1.807, 2.05) is 12.1 Å². The summed E-state index contributed by atoms with van der Waals surface area (Å²) in [6, 6.07) is 8.08. The molecule has 1 atom stereocenters. The predicted octanol–water partition coefficient (Wildman–Crippen LogP) is 2.46. The SMILES string of the molecule is CC(C)(C)c1ccc(OCC(O)(CN)C2CC2)cc1. The number of hydrogen-bond donors (Lipinski definition) is 2. The molecule has 0 bridgehead atoms. The molecule has 0 radical (unpaired) electrons. The number of benzene rings is 1. The van der Waals surface area contributed by atoms with Crippen LogP contribution in [0.3, 0.4) is 0 Å². The maximum absolute atomic E-state index is 10.4. The smallest absolute Gasteiger partial charge is 0.119 e. The summed E-state index contributed by atoms with van der Waals surface area (Å²) in [5.41, 5.74) is 6.22. The molecule has 1 saturated carbocycles. The minimum absolute atomic E-state index is 0.143. The fourth-order valence-corrected chi connectivity index (χ4v) is 2.22. The fourth-order valence-electron chi connectivity index (χ4n) is 2.22. The van der Waals surface area contributed by atoms with Gasteiger partial charge in [0, 0.05) is 6.54 Å². The zero-order valence-corrected chi connectivity index (χ0v) is 12.1. The van der Waals surface area contributed by atoms with Crippen LogP contribution in [0.15, 0.2) is 24.3 Å². The van der Waals surface area contributed by atoms with Crippen molar-refractivity contribution in [3.8, 4) is 5.75 Å². The van der Waals surface area contributed by atoms with Crippen LogP contribution in [0.25, 0.3) is 0 Å². The average molecular weight is 263 g/mol. The van der Waals surface area contributed by atoms with Gasteiger partial charge in [0.05, 0.1) is 0 Å². The lowest BCUT2D eigenvalue weighted by Crippen LogP contribution is -2.45. The number of ether oxygens (including phenoxy) is 1. The van der Waals surface area contributed by atoms with Gasteiger partial charge in [0.2, 0.25) is 0 Å². The Hall–Kier alpha value is -1.06. The quantitative estimate of drug-likeness (QED) is 0.858. The van der Waals surface area contributed by atoms with E-state index in [4.69, 9.17) is 10.5 Å². The molecule has 0 saturated heterocycles. The fraction of sp³-hybridized carbons (Fsp3) is 0.625. The molecule has 19 heavy (non-hydrogen) atoms. The molecule has 1 aromatic rings. The first-order valence-corrected chi connectivity index (χ1v) is 7.01. The summed E-state index contributed by atoms with van der Waals surface area (Å²) in [5.74, 6) is 1.10. The molecule has 0 aromatic heterocycles. The van der Waals surface area contributed by atoms with E-state index < -0.39 is 5.60 Å². The minimum Gasteiger partial charge on any atom is -0.491 e. The van der Waals surface area contributed by atoms with Crippen molar-refractivity contribution in [1.29, 1.82) is 0 Å². The lowest BCUT2D eigenvalue weighted by atomic mass is 9.87. The molecule has 2 rings (SSSR count). The molecular weight excluding hydrogens is 238 g/mol. The van der Waals surface area contributed by atoms with Crippen LogP contribution in [0.5, 0.6) is 5.75 Å². The summed E-state index contributed by atoms with van der Waals surface area (Å²) in [6.07, 6.45) is 2.11. The molecule has 3 N–H and O–H groups in total. The lowest BCUT2D eigenvalue weighted by molar-refractivity contribution is -0.0162. The average Bonchev–Trinajstić information content (AvgIpc) is 3.20. The van der Waals surface area contributed by atoms with Gasteiger partial charge in [-0.25, -0.2) is 0 Å². The van der Waals surface area contributed by atoms with Gasteiger partial charge in [0.25, 0.3) is 0 Å². The third-order valence-electron chi connectivity index (χ3n) is 3.90. The van der Waals surface area contributed by atoms with Gasteiger partial charge in [-0.15, -0.1) is 0 Å². The van der Waals surface area contributed by atoms with Crippen LogP contribution in [0.4, 0.5) is 0 Å². The summed E-state index contributed by atoms with van der Waals surface area (Å²) in [4.78, 5) is 0. The highest BCUT2D eigenvalue weighted by atomic mass is 16.5. The summed E-state index contributed by atoms with van der Waals surface area (Å²) < 4.78 is 5.70. The number of hydrogen-bond acceptors (Lipinski definition) is 3.